The summed E-state index contributed by atoms with van der Waals surface area (Å²) in [6, 6.07) is 9.20. The van der Waals surface area contributed by atoms with Crippen LogP contribution < -0.4 is 21.3 Å². The van der Waals surface area contributed by atoms with Crippen LogP contribution in [0.5, 0.6) is 0 Å². The van der Waals surface area contributed by atoms with Gasteiger partial charge in [-0.1, -0.05) is 17.7 Å². The largest absolute Gasteiger partial charge is 0.377 e. The van der Waals surface area contributed by atoms with Gasteiger partial charge in [0.05, 0.1) is 34.5 Å². The molecule has 2 aromatic heterocycles. The lowest BCUT2D eigenvalue weighted by molar-refractivity contribution is -0.120. The van der Waals surface area contributed by atoms with Crippen LogP contribution >= 0.6 is 11.6 Å². The number of aryl methyl sites for hydroxylation is 1. The van der Waals surface area contributed by atoms with Crippen LogP contribution in [0.25, 0.3) is 22.0 Å². The summed E-state index contributed by atoms with van der Waals surface area (Å²) in [5, 5.41) is 7.23. The zero-order chi connectivity index (χ0) is 27.0. The number of piperazine rings is 1. The van der Waals surface area contributed by atoms with Crippen molar-refractivity contribution in [2.75, 3.05) is 29.9 Å². The topological polar surface area (TPSA) is 126 Å². The summed E-state index contributed by atoms with van der Waals surface area (Å²) in [6.45, 7) is 4.98. The highest BCUT2D eigenvalue weighted by Crippen LogP contribution is 2.37. The average molecular weight is 534 g/mol. The van der Waals surface area contributed by atoms with Gasteiger partial charge in [0.2, 0.25) is 17.8 Å². The van der Waals surface area contributed by atoms with E-state index in [4.69, 9.17) is 17.3 Å². The summed E-state index contributed by atoms with van der Waals surface area (Å²) < 4.78 is 14.7. The number of aromatic nitrogens is 3. The number of nitrogens with zero attached hydrogens (tertiary/aromatic N) is 4. The predicted molar refractivity (Wildman–Crippen MR) is 145 cm³/mol. The normalized spacial score (nSPS) is 14.3. The second-order valence-electron chi connectivity index (χ2n) is 9.13. The molecule has 1 fully saturated rings. The highest BCUT2D eigenvalue weighted by molar-refractivity contribution is 6.35. The lowest BCUT2D eigenvalue weighted by Crippen LogP contribution is -2.48. The molecule has 3 heterocycles. The fourth-order valence-corrected chi connectivity index (χ4v) is 4.65. The van der Waals surface area contributed by atoms with Gasteiger partial charge < -0.3 is 21.3 Å². The van der Waals surface area contributed by atoms with Gasteiger partial charge in [-0.2, -0.15) is 0 Å². The van der Waals surface area contributed by atoms with Gasteiger partial charge in [-0.05, 0) is 49.7 Å². The Bertz CT molecular complexity index is 1560. The molecule has 1 aliphatic rings. The van der Waals surface area contributed by atoms with Gasteiger partial charge in [-0.25, -0.2) is 14.4 Å². The van der Waals surface area contributed by atoms with Crippen molar-refractivity contribution in [1.82, 2.24) is 20.3 Å². The molecular weight excluding hydrogens is 509 g/mol. The average Bonchev–Trinajstić information content (AvgIpc) is 2.91. The molecular formula is C27H25ClFN7O2. The molecule has 9 nitrogen and oxygen atoms in total. The first-order chi connectivity index (χ1) is 18.2. The van der Waals surface area contributed by atoms with Crippen molar-refractivity contribution in [1.29, 1.82) is 0 Å². The summed E-state index contributed by atoms with van der Waals surface area (Å²) in [7, 11) is 0. The fraction of sp³-hybridized carbons (Fsp3) is 0.222. The predicted octanol–water partition coefficient (Wildman–Crippen LogP) is 4.00. The van der Waals surface area contributed by atoms with E-state index in [2.05, 4.69) is 25.6 Å². The standard InChI is InChI=1S/C27H25ClFN7O2/c1-14(19-10-17(26(30)38)3-5-21(19)29)35-25-20-9-16(4-6-22(20)34-15(2)24(25)28)18-11-32-27(33-12-18)36-8-7-31-23(37)13-36/h3-6,9-12,14H,7-8,13H2,1-2H3,(H2,30,38)(H,31,37)(H,34,35). The number of carbonyl (C=O) groups excluding carboxylic acids is 2. The Morgan fingerprint density at radius 1 is 1.18 bits per heavy atom. The Hall–Kier alpha value is -4.31. The molecule has 38 heavy (non-hydrogen) atoms. The third kappa shape index (κ3) is 4.95. The number of nitrogens with one attached hydrogen (secondary N) is 2. The van der Waals surface area contributed by atoms with Crippen molar-refractivity contribution in [2.45, 2.75) is 19.9 Å². The zero-order valence-corrected chi connectivity index (χ0v) is 21.5. The van der Waals surface area contributed by atoms with Crippen LogP contribution in [0.15, 0.2) is 48.8 Å². The minimum atomic E-state index is -0.636. The maximum Gasteiger partial charge on any atom is 0.248 e. The molecule has 2 aromatic carbocycles. The van der Waals surface area contributed by atoms with E-state index in [-0.39, 0.29) is 23.6 Å². The first kappa shape index (κ1) is 25.3. The van der Waals surface area contributed by atoms with Crippen molar-refractivity contribution in [3.8, 4) is 11.1 Å². The third-order valence-electron chi connectivity index (χ3n) is 6.49. The van der Waals surface area contributed by atoms with Crippen LogP contribution in [0, 0.1) is 12.7 Å². The summed E-state index contributed by atoms with van der Waals surface area (Å²) >= 11 is 6.69. The molecule has 194 valence electrons. The number of primary amides is 1. The molecule has 1 atom stereocenters. The minimum Gasteiger partial charge on any atom is -0.377 e. The van der Waals surface area contributed by atoms with Crippen molar-refractivity contribution >= 4 is 46.0 Å². The Morgan fingerprint density at radius 2 is 1.95 bits per heavy atom. The molecule has 1 aliphatic heterocycles. The Balaban J connectivity index is 1.50. The highest BCUT2D eigenvalue weighted by Gasteiger charge is 2.20. The molecule has 5 rings (SSSR count). The lowest BCUT2D eigenvalue weighted by Gasteiger charge is -2.26. The molecule has 4 aromatic rings. The maximum atomic E-state index is 14.7. The van der Waals surface area contributed by atoms with Gasteiger partial charge >= 0.3 is 0 Å². The number of fused-ring (bicyclic) bond motifs is 1. The van der Waals surface area contributed by atoms with E-state index in [0.29, 0.717) is 41.0 Å². The number of rotatable bonds is 6. The molecule has 0 saturated carbocycles. The number of carbonyl (C=O) groups is 2. The van der Waals surface area contributed by atoms with Crippen LogP contribution in [0.4, 0.5) is 16.0 Å². The third-order valence-corrected chi connectivity index (χ3v) is 6.95. The maximum absolute atomic E-state index is 14.7. The second kappa shape index (κ2) is 10.2. The summed E-state index contributed by atoms with van der Waals surface area (Å²) in [5.74, 6) is -0.678. The molecule has 0 bridgehead atoms. The van der Waals surface area contributed by atoms with E-state index in [0.717, 1.165) is 16.5 Å². The van der Waals surface area contributed by atoms with E-state index in [1.165, 1.54) is 18.2 Å². The van der Waals surface area contributed by atoms with Gasteiger partial charge in [-0.3, -0.25) is 14.6 Å². The highest BCUT2D eigenvalue weighted by atomic mass is 35.5. The van der Waals surface area contributed by atoms with Crippen molar-refractivity contribution in [3.63, 3.8) is 0 Å². The summed E-state index contributed by atoms with van der Waals surface area (Å²) in [4.78, 5) is 38.7. The second-order valence-corrected chi connectivity index (χ2v) is 9.51. The number of halogens is 2. The number of amides is 2. The number of anilines is 2. The van der Waals surface area contributed by atoms with E-state index in [9.17, 15) is 14.0 Å². The fourth-order valence-electron chi connectivity index (χ4n) is 4.45. The number of pyridine rings is 1. The van der Waals surface area contributed by atoms with Gasteiger partial charge in [0, 0.05) is 47.6 Å². The molecule has 1 unspecified atom stereocenters. The van der Waals surface area contributed by atoms with Gasteiger partial charge in [0.25, 0.3) is 0 Å². The van der Waals surface area contributed by atoms with Crippen molar-refractivity contribution in [2.24, 2.45) is 5.73 Å². The van der Waals surface area contributed by atoms with E-state index >= 15 is 0 Å². The molecule has 0 spiro atoms. The van der Waals surface area contributed by atoms with Crippen molar-refractivity contribution in [3.05, 3.63) is 76.5 Å². The molecule has 0 aliphatic carbocycles. The first-order valence-corrected chi connectivity index (χ1v) is 12.4. The molecule has 1 saturated heterocycles. The van der Waals surface area contributed by atoms with Crippen LogP contribution in [-0.4, -0.2) is 46.4 Å². The van der Waals surface area contributed by atoms with E-state index in [1.54, 1.807) is 26.2 Å². The SMILES string of the molecule is Cc1nc2ccc(-c3cnc(N4CCNC(=O)C4)nc3)cc2c(NC(C)c2cc(C(N)=O)ccc2F)c1Cl. The lowest BCUT2D eigenvalue weighted by atomic mass is 10.0. The quantitative estimate of drug-likeness (QED) is 0.342. The van der Waals surface area contributed by atoms with E-state index < -0.39 is 17.8 Å². The summed E-state index contributed by atoms with van der Waals surface area (Å²) in [6.07, 6.45) is 3.42. The minimum absolute atomic E-state index is 0.0615. The van der Waals surface area contributed by atoms with E-state index in [1.807, 2.05) is 23.1 Å². The van der Waals surface area contributed by atoms with Gasteiger partial charge in [0.1, 0.15) is 5.82 Å². The van der Waals surface area contributed by atoms with Crippen LogP contribution in [0.2, 0.25) is 5.02 Å². The number of hydrogen-bond donors (Lipinski definition) is 3. The first-order valence-electron chi connectivity index (χ1n) is 12.0. The molecule has 11 heteroatoms. The monoisotopic (exact) mass is 533 g/mol. The molecule has 0 radical (unpaired) electrons. The number of benzene rings is 2. The smallest absolute Gasteiger partial charge is 0.248 e. The molecule has 2 amide bonds. The van der Waals surface area contributed by atoms with Crippen molar-refractivity contribution < 1.29 is 14.0 Å². The zero-order valence-electron chi connectivity index (χ0n) is 20.8. The van der Waals surface area contributed by atoms with Crippen LogP contribution in [0.3, 0.4) is 0 Å². The van der Waals surface area contributed by atoms with Gasteiger partial charge in [0.15, 0.2) is 0 Å². The van der Waals surface area contributed by atoms with Crippen LogP contribution in [0.1, 0.15) is 34.6 Å². The molecule has 4 N–H and O–H groups in total. The van der Waals surface area contributed by atoms with Crippen LogP contribution in [-0.2, 0) is 4.79 Å². The Kier molecular flexibility index (Phi) is 6.81. The Morgan fingerprint density at radius 3 is 2.66 bits per heavy atom. The number of hydrogen-bond acceptors (Lipinski definition) is 7. The van der Waals surface area contributed by atoms with Gasteiger partial charge in [-0.15, -0.1) is 0 Å². The summed E-state index contributed by atoms with van der Waals surface area (Å²) in [5.41, 5.74) is 9.40. The Labute approximate surface area is 223 Å². The number of nitrogens with two attached hydrogens (primary N) is 1.